The third-order valence-electron chi connectivity index (χ3n) is 4.68. The van der Waals surface area contributed by atoms with Crippen LogP contribution in [-0.4, -0.2) is 30.2 Å². The van der Waals surface area contributed by atoms with Crippen molar-refractivity contribution >= 4 is 44.2 Å². The summed E-state index contributed by atoms with van der Waals surface area (Å²) < 4.78 is 13.0. The Labute approximate surface area is 177 Å². The Morgan fingerprint density at radius 1 is 1.07 bits per heavy atom. The van der Waals surface area contributed by atoms with E-state index in [0.717, 1.165) is 21.0 Å². The maximum Gasteiger partial charge on any atom is 0.326 e. The molecule has 1 aromatic heterocycles. The quantitative estimate of drug-likeness (QED) is 0.455. The van der Waals surface area contributed by atoms with Gasteiger partial charge in [0.1, 0.15) is 12.3 Å². The van der Waals surface area contributed by atoms with Gasteiger partial charge in [0.25, 0.3) is 5.91 Å². The molecule has 3 aromatic carbocycles. The van der Waals surface area contributed by atoms with Crippen molar-refractivity contribution in [3.05, 3.63) is 71.0 Å². The SMILES string of the molecule is CCOC(=O)Cn1c(=NC(=O)c2cccc(OC)c2)sc2c3ccccc3ccc21. The van der Waals surface area contributed by atoms with Gasteiger partial charge in [-0.1, -0.05) is 47.7 Å². The van der Waals surface area contributed by atoms with E-state index in [0.29, 0.717) is 22.7 Å². The van der Waals surface area contributed by atoms with Gasteiger partial charge in [0.2, 0.25) is 0 Å². The molecule has 0 aliphatic rings. The largest absolute Gasteiger partial charge is 0.497 e. The van der Waals surface area contributed by atoms with Crippen LogP contribution in [0.1, 0.15) is 17.3 Å². The number of fused-ring (bicyclic) bond motifs is 3. The van der Waals surface area contributed by atoms with Crippen molar-refractivity contribution in [2.24, 2.45) is 4.99 Å². The first kappa shape index (κ1) is 19.8. The highest BCUT2D eigenvalue weighted by Gasteiger charge is 2.15. The van der Waals surface area contributed by atoms with Crippen LogP contribution in [0.25, 0.3) is 21.0 Å². The maximum absolute atomic E-state index is 12.8. The lowest BCUT2D eigenvalue weighted by Crippen LogP contribution is -2.23. The van der Waals surface area contributed by atoms with E-state index in [2.05, 4.69) is 4.99 Å². The highest BCUT2D eigenvalue weighted by molar-refractivity contribution is 7.17. The van der Waals surface area contributed by atoms with Crippen LogP contribution in [0, 0.1) is 0 Å². The molecule has 0 N–H and O–H groups in total. The van der Waals surface area contributed by atoms with Crippen LogP contribution in [0.15, 0.2) is 65.7 Å². The Balaban J connectivity index is 1.90. The Morgan fingerprint density at radius 2 is 1.90 bits per heavy atom. The molecule has 1 amide bonds. The number of carbonyl (C=O) groups is 2. The van der Waals surface area contributed by atoms with Crippen molar-refractivity contribution in [2.75, 3.05) is 13.7 Å². The number of aromatic nitrogens is 1. The number of rotatable bonds is 5. The second-order valence-electron chi connectivity index (χ2n) is 6.56. The molecule has 0 radical (unpaired) electrons. The minimum absolute atomic E-state index is 0.0175. The van der Waals surface area contributed by atoms with Crippen LogP contribution < -0.4 is 9.54 Å². The molecular weight excluding hydrogens is 400 g/mol. The van der Waals surface area contributed by atoms with Crippen LogP contribution in [0.4, 0.5) is 0 Å². The zero-order valence-electron chi connectivity index (χ0n) is 16.6. The average molecular weight is 420 g/mol. The summed E-state index contributed by atoms with van der Waals surface area (Å²) in [7, 11) is 1.55. The Morgan fingerprint density at radius 3 is 2.70 bits per heavy atom. The average Bonchev–Trinajstić information content (AvgIpc) is 3.11. The molecule has 152 valence electrons. The summed E-state index contributed by atoms with van der Waals surface area (Å²) >= 11 is 1.38. The summed E-state index contributed by atoms with van der Waals surface area (Å²) in [6.45, 7) is 2.04. The first-order valence-corrected chi connectivity index (χ1v) is 10.3. The summed E-state index contributed by atoms with van der Waals surface area (Å²) in [6, 6.07) is 18.8. The minimum Gasteiger partial charge on any atom is -0.497 e. The fourth-order valence-corrected chi connectivity index (χ4v) is 4.44. The lowest BCUT2D eigenvalue weighted by atomic mass is 10.1. The van der Waals surface area contributed by atoms with Crippen LogP contribution in [0.5, 0.6) is 5.75 Å². The summed E-state index contributed by atoms with van der Waals surface area (Å²) in [4.78, 5) is 29.9. The Kier molecular flexibility index (Phi) is 5.63. The zero-order valence-corrected chi connectivity index (χ0v) is 17.4. The van der Waals surface area contributed by atoms with Crippen molar-refractivity contribution in [3.63, 3.8) is 0 Å². The van der Waals surface area contributed by atoms with Crippen LogP contribution in [-0.2, 0) is 16.1 Å². The van der Waals surface area contributed by atoms with E-state index in [-0.39, 0.29) is 12.5 Å². The molecule has 0 aliphatic heterocycles. The molecule has 4 rings (SSSR count). The van der Waals surface area contributed by atoms with Crippen molar-refractivity contribution in [2.45, 2.75) is 13.5 Å². The van der Waals surface area contributed by atoms with Gasteiger partial charge in [-0.2, -0.15) is 4.99 Å². The summed E-state index contributed by atoms with van der Waals surface area (Å²) in [5.74, 6) is -0.194. The highest BCUT2D eigenvalue weighted by atomic mass is 32.1. The van der Waals surface area contributed by atoms with E-state index in [9.17, 15) is 9.59 Å². The number of methoxy groups -OCH3 is 1. The topological polar surface area (TPSA) is 69.9 Å². The summed E-state index contributed by atoms with van der Waals surface area (Å²) in [5.41, 5.74) is 1.25. The van der Waals surface area contributed by atoms with Gasteiger partial charge in [-0.25, -0.2) is 0 Å². The first-order valence-electron chi connectivity index (χ1n) is 9.50. The van der Waals surface area contributed by atoms with Gasteiger partial charge in [0, 0.05) is 10.9 Å². The maximum atomic E-state index is 12.8. The van der Waals surface area contributed by atoms with E-state index >= 15 is 0 Å². The van der Waals surface area contributed by atoms with Crippen molar-refractivity contribution < 1.29 is 19.1 Å². The van der Waals surface area contributed by atoms with E-state index in [1.807, 2.05) is 36.4 Å². The predicted molar refractivity (Wildman–Crippen MR) is 117 cm³/mol. The molecule has 7 heteroatoms. The fraction of sp³-hybridized carbons (Fsp3) is 0.174. The van der Waals surface area contributed by atoms with Crippen LogP contribution >= 0.6 is 11.3 Å². The molecule has 0 saturated heterocycles. The molecule has 30 heavy (non-hydrogen) atoms. The number of benzene rings is 3. The van der Waals surface area contributed by atoms with E-state index in [1.165, 1.54) is 11.3 Å². The predicted octanol–water partition coefficient (Wildman–Crippen LogP) is 4.17. The van der Waals surface area contributed by atoms with Gasteiger partial charge < -0.3 is 14.0 Å². The molecular formula is C23H20N2O4S. The van der Waals surface area contributed by atoms with Crippen molar-refractivity contribution in [1.29, 1.82) is 0 Å². The molecule has 0 bridgehead atoms. The molecule has 0 fully saturated rings. The molecule has 6 nitrogen and oxygen atoms in total. The summed E-state index contributed by atoms with van der Waals surface area (Å²) in [5, 5.41) is 2.13. The molecule has 0 spiro atoms. The highest BCUT2D eigenvalue weighted by Crippen LogP contribution is 2.27. The van der Waals surface area contributed by atoms with Gasteiger partial charge in [0.05, 0.1) is 23.9 Å². The number of thiazole rings is 1. The zero-order chi connectivity index (χ0) is 21.1. The van der Waals surface area contributed by atoms with Gasteiger partial charge >= 0.3 is 5.97 Å². The second-order valence-corrected chi connectivity index (χ2v) is 7.54. The smallest absolute Gasteiger partial charge is 0.326 e. The Hall–Kier alpha value is -3.45. The standard InChI is InChI=1S/C23H20N2O4S/c1-3-29-20(26)14-25-19-12-11-15-7-4-5-10-18(15)21(19)30-23(25)24-22(27)16-8-6-9-17(13-16)28-2/h4-13H,3,14H2,1-2H3. The number of nitrogens with zero attached hydrogens (tertiary/aromatic N) is 2. The lowest BCUT2D eigenvalue weighted by molar-refractivity contribution is -0.143. The second kappa shape index (κ2) is 8.51. The lowest BCUT2D eigenvalue weighted by Gasteiger charge is -2.06. The van der Waals surface area contributed by atoms with Gasteiger partial charge in [0.15, 0.2) is 4.80 Å². The molecule has 0 aliphatic carbocycles. The van der Waals surface area contributed by atoms with E-state index in [4.69, 9.17) is 9.47 Å². The number of esters is 1. The Bertz CT molecular complexity index is 1320. The number of amides is 1. The molecule has 0 atom stereocenters. The third-order valence-corrected chi connectivity index (χ3v) is 5.81. The molecule has 1 heterocycles. The number of ether oxygens (including phenoxy) is 2. The molecule has 0 unspecified atom stereocenters. The van der Waals surface area contributed by atoms with Crippen molar-refractivity contribution in [1.82, 2.24) is 4.57 Å². The molecule has 0 saturated carbocycles. The first-order chi connectivity index (χ1) is 14.6. The van der Waals surface area contributed by atoms with Crippen molar-refractivity contribution in [3.8, 4) is 5.75 Å². The van der Waals surface area contributed by atoms with Gasteiger partial charge in [-0.05, 0) is 36.6 Å². The van der Waals surface area contributed by atoms with E-state index < -0.39 is 5.91 Å². The summed E-state index contributed by atoms with van der Waals surface area (Å²) in [6.07, 6.45) is 0. The minimum atomic E-state index is -0.401. The van der Waals surface area contributed by atoms with Gasteiger partial charge in [-0.15, -0.1) is 0 Å². The van der Waals surface area contributed by atoms with E-state index in [1.54, 1.807) is 42.9 Å². The van der Waals surface area contributed by atoms with Crippen LogP contribution in [0.3, 0.4) is 0 Å². The monoisotopic (exact) mass is 420 g/mol. The normalized spacial score (nSPS) is 11.7. The number of carbonyl (C=O) groups excluding carboxylic acids is 2. The fourth-order valence-electron chi connectivity index (χ4n) is 3.28. The number of hydrogen-bond donors (Lipinski definition) is 0. The van der Waals surface area contributed by atoms with Gasteiger partial charge in [-0.3, -0.25) is 9.59 Å². The third kappa shape index (κ3) is 3.84. The molecule has 4 aromatic rings. The number of hydrogen-bond acceptors (Lipinski definition) is 5. The van der Waals surface area contributed by atoms with Crippen LogP contribution in [0.2, 0.25) is 0 Å².